The van der Waals surface area contributed by atoms with Crippen molar-refractivity contribution < 1.29 is 4.74 Å². The molecule has 7 nitrogen and oxygen atoms in total. The van der Waals surface area contributed by atoms with E-state index in [4.69, 9.17) is 16.3 Å². The summed E-state index contributed by atoms with van der Waals surface area (Å²) in [4.78, 5) is 22.0. The largest absolute Gasteiger partial charge is 0.472 e. The molecule has 0 N–H and O–H groups in total. The van der Waals surface area contributed by atoms with E-state index in [9.17, 15) is 0 Å². The summed E-state index contributed by atoms with van der Waals surface area (Å²) in [5.74, 6) is 3.08. The van der Waals surface area contributed by atoms with Gasteiger partial charge in [-0.1, -0.05) is 23.7 Å². The van der Waals surface area contributed by atoms with Gasteiger partial charge in [-0.2, -0.15) is 4.98 Å². The number of aryl methyl sites for hydroxylation is 1. The number of hydrogen-bond acceptors (Lipinski definition) is 7. The van der Waals surface area contributed by atoms with Gasteiger partial charge in [0, 0.05) is 37.4 Å². The Balaban J connectivity index is 1.37. The number of hydrogen-bond donors (Lipinski definition) is 0. The van der Waals surface area contributed by atoms with Gasteiger partial charge in [0.15, 0.2) is 5.82 Å². The Morgan fingerprint density at radius 1 is 1.00 bits per heavy atom. The molecule has 1 aliphatic heterocycles. The number of nitrogens with zero attached hydrogens (tertiary/aromatic N) is 6. The van der Waals surface area contributed by atoms with E-state index in [1.807, 2.05) is 37.3 Å². The van der Waals surface area contributed by atoms with Crippen LogP contribution in [-0.2, 0) is 6.61 Å². The van der Waals surface area contributed by atoms with Gasteiger partial charge in [-0.25, -0.2) is 9.97 Å². The number of anilines is 2. The van der Waals surface area contributed by atoms with Gasteiger partial charge in [-0.3, -0.25) is 4.98 Å². The Bertz CT molecular complexity index is 945. The Morgan fingerprint density at radius 2 is 1.79 bits per heavy atom. The first kappa shape index (κ1) is 18.4. The Hall–Kier alpha value is -2.93. The molecule has 3 heterocycles. The Labute approximate surface area is 169 Å². The molecule has 1 aromatic carbocycles. The lowest BCUT2D eigenvalue weighted by Crippen LogP contribution is -2.47. The molecule has 0 aliphatic carbocycles. The van der Waals surface area contributed by atoms with Crippen LogP contribution in [0.25, 0.3) is 0 Å². The molecule has 0 radical (unpaired) electrons. The van der Waals surface area contributed by atoms with Gasteiger partial charge in [0.25, 0.3) is 0 Å². The summed E-state index contributed by atoms with van der Waals surface area (Å²) in [5.41, 5.74) is 0.994. The molecule has 2 aromatic heterocycles. The van der Waals surface area contributed by atoms with Crippen molar-refractivity contribution in [1.82, 2.24) is 19.9 Å². The molecule has 1 fully saturated rings. The van der Waals surface area contributed by atoms with Gasteiger partial charge in [-0.15, -0.1) is 0 Å². The summed E-state index contributed by atoms with van der Waals surface area (Å²) in [7, 11) is 0. The summed E-state index contributed by atoms with van der Waals surface area (Å²) in [6, 6.07) is 9.55. The molecule has 0 unspecified atom stereocenters. The number of halogens is 1. The summed E-state index contributed by atoms with van der Waals surface area (Å²) in [6.07, 6.45) is 5.21. The third-order valence-electron chi connectivity index (χ3n) is 4.56. The van der Waals surface area contributed by atoms with Gasteiger partial charge in [0.1, 0.15) is 18.2 Å². The smallest absolute Gasteiger partial charge is 0.234 e. The van der Waals surface area contributed by atoms with Crippen LogP contribution in [0.3, 0.4) is 0 Å². The van der Waals surface area contributed by atoms with Crippen molar-refractivity contribution in [2.45, 2.75) is 13.5 Å². The van der Waals surface area contributed by atoms with Crippen molar-refractivity contribution in [3.63, 3.8) is 0 Å². The molecule has 0 spiro atoms. The quantitative estimate of drug-likeness (QED) is 0.656. The van der Waals surface area contributed by atoms with Crippen LogP contribution in [0, 0.1) is 6.92 Å². The van der Waals surface area contributed by atoms with E-state index in [0.717, 1.165) is 49.2 Å². The first-order valence-corrected chi connectivity index (χ1v) is 9.54. The van der Waals surface area contributed by atoms with Gasteiger partial charge < -0.3 is 14.5 Å². The second-order valence-corrected chi connectivity index (χ2v) is 7.01. The number of rotatable bonds is 5. The van der Waals surface area contributed by atoms with Crippen LogP contribution in [0.1, 0.15) is 11.4 Å². The topological polar surface area (TPSA) is 67.3 Å². The maximum atomic E-state index is 6.02. The zero-order chi connectivity index (χ0) is 19.3. The van der Waals surface area contributed by atoms with Crippen molar-refractivity contribution in [2.75, 3.05) is 36.0 Å². The first-order valence-electron chi connectivity index (χ1n) is 9.16. The van der Waals surface area contributed by atoms with E-state index in [1.54, 1.807) is 18.6 Å². The summed E-state index contributed by atoms with van der Waals surface area (Å²) in [6.45, 7) is 5.73. The lowest BCUT2D eigenvalue weighted by atomic mass is 10.2. The van der Waals surface area contributed by atoms with E-state index in [0.29, 0.717) is 17.5 Å². The highest BCUT2D eigenvalue weighted by Gasteiger charge is 2.20. The zero-order valence-corrected chi connectivity index (χ0v) is 16.4. The molecule has 8 heteroatoms. The number of piperazine rings is 1. The van der Waals surface area contributed by atoms with Crippen LogP contribution < -0.4 is 14.5 Å². The van der Waals surface area contributed by atoms with Gasteiger partial charge in [0.2, 0.25) is 5.88 Å². The highest BCUT2D eigenvalue weighted by atomic mass is 35.5. The third-order valence-corrected chi connectivity index (χ3v) is 4.80. The molecule has 4 rings (SSSR count). The summed E-state index contributed by atoms with van der Waals surface area (Å²) >= 11 is 6.02. The van der Waals surface area contributed by atoms with Crippen molar-refractivity contribution in [1.29, 1.82) is 0 Å². The van der Waals surface area contributed by atoms with Crippen LogP contribution in [-0.4, -0.2) is 46.1 Å². The standard InChI is InChI=1S/C20H21ClN6O/c1-15-23-6-5-18(24-15)26-7-9-27(10-8-26)19-12-22-13-20(25-19)28-14-16-3-2-4-17(21)11-16/h2-6,11-13H,7-10,14H2,1H3. The SMILES string of the molecule is Cc1nccc(N2CCN(c3cncc(OCc4cccc(Cl)c4)n3)CC2)n1. The average molecular weight is 397 g/mol. The van der Waals surface area contributed by atoms with Crippen LogP contribution in [0.15, 0.2) is 48.9 Å². The Kier molecular flexibility index (Phi) is 5.53. The van der Waals surface area contributed by atoms with E-state index >= 15 is 0 Å². The number of ether oxygens (including phenoxy) is 1. The molecule has 0 amide bonds. The van der Waals surface area contributed by atoms with E-state index in [2.05, 4.69) is 29.7 Å². The van der Waals surface area contributed by atoms with Gasteiger partial charge >= 0.3 is 0 Å². The molecule has 1 saturated heterocycles. The van der Waals surface area contributed by atoms with Crippen LogP contribution in [0.4, 0.5) is 11.6 Å². The van der Waals surface area contributed by atoms with Crippen LogP contribution in [0.5, 0.6) is 5.88 Å². The monoisotopic (exact) mass is 396 g/mol. The predicted octanol–water partition coefficient (Wildman–Crippen LogP) is 3.13. The fraction of sp³-hybridized carbons (Fsp3) is 0.300. The van der Waals surface area contributed by atoms with Crippen molar-refractivity contribution >= 4 is 23.2 Å². The minimum absolute atomic E-state index is 0.402. The Morgan fingerprint density at radius 3 is 2.54 bits per heavy atom. The zero-order valence-electron chi connectivity index (χ0n) is 15.6. The number of aromatic nitrogens is 4. The lowest BCUT2D eigenvalue weighted by Gasteiger charge is -2.35. The maximum Gasteiger partial charge on any atom is 0.234 e. The third kappa shape index (κ3) is 4.48. The fourth-order valence-corrected chi connectivity index (χ4v) is 3.34. The lowest BCUT2D eigenvalue weighted by molar-refractivity contribution is 0.292. The number of benzene rings is 1. The average Bonchev–Trinajstić information content (AvgIpc) is 2.73. The molecule has 3 aromatic rings. The van der Waals surface area contributed by atoms with Gasteiger partial charge in [-0.05, 0) is 30.7 Å². The van der Waals surface area contributed by atoms with Crippen molar-refractivity contribution in [3.05, 3.63) is 65.3 Å². The molecular formula is C20H21ClN6O. The molecule has 28 heavy (non-hydrogen) atoms. The highest BCUT2D eigenvalue weighted by Crippen LogP contribution is 2.20. The molecular weight excluding hydrogens is 376 g/mol. The van der Waals surface area contributed by atoms with Gasteiger partial charge in [0.05, 0.1) is 12.4 Å². The molecule has 0 saturated carbocycles. The second-order valence-electron chi connectivity index (χ2n) is 6.57. The molecule has 1 aliphatic rings. The molecule has 0 bridgehead atoms. The van der Waals surface area contributed by atoms with E-state index in [1.165, 1.54) is 0 Å². The van der Waals surface area contributed by atoms with E-state index in [-0.39, 0.29) is 0 Å². The van der Waals surface area contributed by atoms with Crippen molar-refractivity contribution in [2.24, 2.45) is 0 Å². The van der Waals surface area contributed by atoms with E-state index < -0.39 is 0 Å². The fourth-order valence-electron chi connectivity index (χ4n) is 3.13. The minimum Gasteiger partial charge on any atom is -0.472 e. The second kappa shape index (κ2) is 8.39. The van der Waals surface area contributed by atoms with Crippen LogP contribution >= 0.6 is 11.6 Å². The summed E-state index contributed by atoms with van der Waals surface area (Å²) in [5, 5.41) is 0.692. The van der Waals surface area contributed by atoms with Crippen LogP contribution in [0.2, 0.25) is 5.02 Å². The molecule has 144 valence electrons. The highest BCUT2D eigenvalue weighted by molar-refractivity contribution is 6.30. The first-order chi connectivity index (χ1) is 13.7. The predicted molar refractivity (Wildman–Crippen MR) is 109 cm³/mol. The molecule has 0 atom stereocenters. The maximum absolute atomic E-state index is 6.02. The van der Waals surface area contributed by atoms with Crippen molar-refractivity contribution in [3.8, 4) is 5.88 Å². The summed E-state index contributed by atoms with van der Waals surface area (Å²) < 4.78 is 5.80. The minimum atomic E-state index is 0.402. The normalized spacial score (nSPS) is 14.2.